The Morgan fingerprint density at radius 3 is 2.51 bits per heavy atom. The lowest BCUT2D eigenvalue weighted by molar-refractivity contribution is 0.0921. The predicted molar refractivity (Wildman–Crippen MR) is 148 cm³/mol. The highest BCUT2D eigenvalue weighted by Crippen LogP contribution is 2.35. The molecular weight excluding hydrogens is 458 g/mol. The molecular formula is C33H29NO3. The molecule has 0 fully saturated rings. The second-order valence-corrected chi connectivity index (χ2v) is 9.74. The number of benzene rings is 3. The van der Waals surface area contributed by atoms with E-state index >= 15 is 0 Å². The molecule has 3 aromatic carbocycles. The number of ether oxygens (including phenoxy) is 2. The largest absolute Gasteiger partial charge is 0.454 e. The monoisotopic (exact) mass is 487 g/mol. The number of carbonyl (C=O) groups is 1. The zero-order chi connectivity index (χ0) is 25.2. The van der Waals surface area contributed by atoms with Crippen molar-refractivity contribution in [3.05, 3.63) is 118 Å². The highest BCUT2D eigenvalue weighted by molar-refractivity contribution is 6.02. The summed E-state index contributed by atoms with van der Waals surface area (Å²) in [5, 5.41) is 5.44. The van der Waals surface area contributed by atoms with Crippen molar-refractivity contribution in [1.29, 1.82) is 0 Å². The Kier molecular flexibility index (Phi) is 6.23. The number of allylic oxidation sites excluding steroid dienone is 4. The molecule has 2 unspecified atom stereocenters. The van der Waals surface area contributed by atoms with Crippen molar-refractivity contribution < 1.29 is 14.3 Å². The van der Waals surface area contributed by atoms with Crippen LogP contribution in [0.3, 0.4) is 0 Å². The Labute approximate surface area is 216 Å². The summed E-state index contributed by atoms with van der Waals surface area (Å²) in [6, 6.07) is 18.6. The molecule has 7 rings (SSSR count). The van der Waals surface area contributed by atoms with Gasteiger partial charge in [0.15, 0.2) is 17.3 Å². The van der Waals surface area contributed by atoms with E-state index in [0.29, 0.717) is 17.1 Å². The molecule has 0 bridgehead atoms. The SMILES string of the molecule is C1=CC=CNC=C1.CC1Cc2ccc3c(c2=CC1C(=O)c1ccc2c(c1)OCO2)=CCc1ccccc1-3. The third-order valence-electron chi connectivity index (χ3n) is 7.39. The highest BCUT2D eigenvalue weighted by atomic mass is 16.7. The van der Waals surface area contributed by atoms with Gasteiger partial charge in [-0.2, -0.15) is 0 Å². The van der Waals surface area contributed by atoms with E-state index in [2.05, 4.69) is 60.8 Å². The predicted octanol–water partition coefficient (Wildman–Crippen LogP) is 5.06. The topological polar surface area (TPSA) is 47.6 Å². The lowest BCUT2D eigenvalue weighted by Gasteiger charge is -2.26. The van der Waals surface area contributed by atoms with Gasteiger partial charge < -0.3 is 14.8 Å². The molecule has 3 aromatic rings. The summed E-state index contributed by atoms with van der Waals surface area (Å²) < 4.78 is 10.9. The first kappa shape index (κ1) is 23.1. The van der Waals surface area contributed by atoms with Crippen LogP contribution in [-0.2, 0) is 12.8 Å². The minimum absolute atomic E-state index is 0.144. The van der Waals surface area contributed by atoms with Crippen molar-refractivity contribution in [1.82, 2.24) is 5.32 Å². The van der Waals surface area contributed by atoms with E-state index in [9.17, 15) is 4.79 Å². The first-order valence-electron chi connectivity index (χ1n) is 12.8. The quantitative estimate of drug-likeness (QED) is 0.513. The molecule has 4 heteroatoms. The van der Waals surface area contributed by atoms with Crippen molar-refractivity contribution in [2.24, 2.45) is 11.8 Å². The number of carbonyl (C=O) groups excluding carboxylic acids is 1. The van der Waals surface area contributed by atoms with Crippen LogP contribution in [0.1, 0.15) is 28.4 Å². The van der Waals surface area contributed by atoms with E-state index in [0.717, 1.165) is 12.8 Å². The second-order valence-electron chi connectivity index (χ2n) is 9.74. The second kappa shape index (κ2) is 9.98. The van der Waals surface area contributed by atoms with Crippen molar-refractivity contribution in [2.75, 3.05) is 6.79 Å². The van der Waals surface area contributed by atoms with Crippen molar-refractivity contribution in [3.8, 4) is 22.6 Å². The van der Waals surface area contributed by atoms with Gasteiger partial charge in [-0.25, -0.2) is 0 Å². The van der Waals surface area contributed by atoms with E-state index in [4.69, 9.17) is 9.47 Å². The van der Waals surface area contributed by atoms with Crippen molar-refractivity contribution in [3.63, 3.8) is 0 Å². The first-order chi connectivity index (χ1) is 18.2. The van der Waals surface area contributed by atoms with Gasteiger partial charge in [0.25, 0.3) is 0 Å². The lowest BCUT2D eigenvalue weighted by Crippen LogP contribution is -2.39. The molecule has 2 aliphatic heterocycles. The number of Topliss-reactive ketones (excluding diaryl/α,β-unsaturated/α-hetero) is 1. The maximum atomic E-state index is 13.4. The van der Waals surface area contributed by atoms with Crippen molar-refractivity contribution >= 4 is 17.9 Å². The molecule has 0 radical (unpaired) electrons. The number of rotatable bonds is 2. The van der Waals surface area contributed by atoms with Gasteiger partial charge >= 0.3 is 0 Å². The average molecular weight is 488 g/mol. The van der Waals surface area contributed by atoms with Crippen LogP contribution in [0.15, 0.2) is 91.3 Å². The average Bonchev–Trinajstić information content (AvgIpc) is 3.20. The van der Waals surface area contributed by atoms with Gasteiger partial charge in [-0.1, -0.05) is 67.6 Å². The third-order valence-corrected chi connectivity index (χ3v) is 7.39. The minimum atomic E-state index is -0.144. The van der Waals surface area contributed by atoms with Crippen LogP contribution in [0.2, 0.25) is 0 Å². The lowest BCUT2D eigenvalue weighted by atomic mass is 9.76. The fourth-order valence-corrected chi connectivity index (χ4v) is 5.48. The van der Waals surface area contributed by atoms with Crippen LogP contribution in [0.25, 0.3) is 23.3 Å². The standard InChI is InChI=1S/C27H22O3.C6H7N/c1-16-12-18-7-10-21-20-5-3-2-4-17(20)6-9-22(21)24(18)14-23(16)27(28)19-8-11-25-26(13-19)30-15-29-25;1-2-4-6-7-5-3-1/h2-5,7-11,13-14,16,23H,6,12,15H2,1H3;1-7H. The molecule has 4 nitrogen and oxygen atoms in total. The zero-order valence-corrected chi connectivity index (χ0v) is 20.8. The molecule has 184 valence electrons. The Bertz CT molecular complexity index is 1560. The fourth-order valence-electron chi connectivity index (χ4n) is 5.48. The molecule has 0 spiro atoms. The number of nitrogens with one attached hydrogen (secondary N) is 1. The van der Waals surface area contributed by atoms with Crippen LogP contribution in [0, 0.1) is 11.8 Å². The molecule has 0 saturated carbocycles. The molecule has 37 heavy (non-hydrogen) atoms. The summed E-state index contributed by atoms with van der Waals surface area (Å²) in [5.74, 6) is 1.63. The Hall–Kier alpha value is -4.31. The Morgan fingerprint density at radius 1 is 0.838 bits per heavy atom. The van der Waals surface area contributed by atoms with Gasteiger partial charge in [0.1, 0.15) is 0 Å². The normalized spacial score (nSPS) is 19.5. The smallest absolute Gasteiger partial charge is 0.231 e. The molecule has 2 aliphatic carbocycles. The van der Waals surface area contributed by atoms with Gasteiger partial charge in [0.05, 0.1) is 0 Å². The van der Waals surface area contributed by atoms with Gasteiger partial charge in [0, 0.05) is 23.9 Å². The highest BCUT2D eigenvalue weighted by Gasteiger charge is 2.29. The number of fused-ring (bicyclic) bond motifs is 6. The van der Waals surface area contributed by atoms with E-state index in [-0.39, 0.29) is 24.4 Å². The van der Waals surface area contributed by atoms with Crippen LogP contribution in [0.5, 0.6) is 11.5 Å². The maximum absolute atomic E-state index is 13.4. The molecule has 4 aliphatic rings. The molecule has 0 saturated heterocycles. The molecule has 0 aromatic heterocycles. The molecule has 1 N–H and O–H groups in total. The number of hydrogen-bond acceptors (Lipinski definition) is 4. The fraction of sp³-hybridized carbons (Fsp3) is 0.182. The Balaban J connectivity index is 0.000000314. The summed E-state index contributed by atoms with van der Waals surface area (Å²) in [7, 11) is 0. The summed E-state index contributed by atoms with van der Waals surface area (Å²) in [6.07, 6.45) is 18.0. The first-order valence-corrected chi connectivity index (χ1v) is 12.8. The number of hydrogen-bond donors (Lipinski definition) is 1. The van der Waals surface area contributed by atoms with Crippen LogP contribution >= 0.6 is 0 Å². The minimum Gasteiger partial charge on any atom is -0.454 e. The molecule has 2 atom stereocenters. The van der Waals surface area contributed by atoms with E-state index < -0.39 is 0 Å². The van der Waals surface area contributed by atoms with Crippen LogP contribution in [-0.4, -0.2) is 12.6 Å². The van der Waals surface area contributed by atoms with Crippen LogP contribution in [0.4, 0.5) is 0 Å². The van der Waals surface area contributed by atoms with E-state index in [1.54, 1.807) is 0 Å². The van der Waals surface area contributed by atoms with E-state index in [1.807, 2.05) is 54.9 Å². The number of ketones is 1. The molecule has 2 heterocycles. The molecule has 0 amide bonds. The van der Waals surface area contributed by atoms with Gasteiger partial charge in [-0.15, -0.1) is 0 Å². The van der Waals surface area contributed by atoms with Gasteiger partial charge in [-0.3, -0.25) is 4.79 Å². The Morgan fingerprint density at radius 2 is 1.65 bits per heavy atom. The van der Waals surface area contributed by atoms with Crippen molar-refractivity contribution in [2.45, 2.75) is 19.8 Å². The maximum Gasteiger partial charge on any atom is 0.231 e. The summed E-state index contributed by atoms with van der Waals surface area (Å²) >= 11 is 0. The van der Waals surface area contributed by atoms with Crippen LogP contribution < -0.4 is 25.2 Å². The summed E-state index contributed by atoms with van der Waals surface area (Å²) in [4.78, 5) is 13.4. The van der Waals surface area contributed by atoms with Gasteiger partial charge in [0.2, 0.25) is 6.79 Å². The van der Waals surface area contributed by atoms with E-state index in [1.165, 1.54) is 32.7 Å². The van der Waals surface area contributed by atoms with Gasteiger partial charge in [-0.05, 0) is 81.8 Å². The third kappa shape index (κ3) is 4.51. The summed E-state index contributed by atoms with van der Waals surface area (Å²) in [5.41, 5.74) is 5.97. The zero-order valence-electron chi connectivity index (χ0n) is 20.8. The summed E-state index contributed by atoms with van der Waals surface area (Å²) in [6.45, 7) is 2.39.